The number of rotatable bonds is 2. The second-order valence-electron chi connectivity index (χ2n) is 4.27. The van der Waals surface area contributed by atoms with E-state index in [0.717, 1.165) is 32.0 Å². The molecule has 88 valence electrons. The Kier molecular flexibility index (Phi) is 3.39. The first-order chi connectivity index (χ1) is 7.70. The molecule has 1 aliphatic heterocycles. The molecule has 3 nitrogen and oxygen atoms in total. The molecule has 0 spiro atoms. The molecule has 0 amide bonds. The molecule has 16 heavy (non-hydrogen) atoms. The smallest absolute Gasteiger partial charge is 0.141 e. The minimum atomic E-state index is -0.274. The van der Waals surface area contributed by atoms with E-state index in [0.29, 0.717) is 6.04 Å². The highest BCUT2D eigenvalue weighted by Gasteiger charge is 2.23. The molecule has 1 aromatic heterocycles. The van der Waals surface area contributed by atoms with Crippen molar-refractivity contribution in [2.24, 2.45) is 0 Å². The van der Waals surface area contributed by atoms with Gasteiger partial charge < -0.3 is 4.90 Å². The maximum atomic E-state index is 12.8. The van der Waals surface area contributed by atoms with Crippen molar-refractivity contribution >= 4 is 5.82 Å². The Balaban J connectivity index is 2.08. The normalized spacial score (nSPS) is 22.4. The van der Waals surface area contributed by atoms with Crippen molar-refractivity contribution in [3.05, 3.63) is 24.1 Å². The van der Waals surface area contributed by atoms with Crippen LogP contribution in [-0.2, 0) is 0 Å². The van der Waals surface area contributed by atoms with Gasteiger partial charge in [-0.1, -0.05) is 6.92 Å². The zero-order chi connectivity index (χ0) is 11.5. The minimum Gasteiger partial charge on any atom is -0.351 e. The highest BCUT2D eigenvalue weighted by molar-refractivity contribution is 5.40. The SMILES string of the molecule is CCN1CCN(c2ccc(F)cn2)[C@@H](C)C1. The van der Waals surface area contributed by atoms with Crippen LogP contribution >= 0.6 is 0 Å². The van der Waals surface area contributed by atoms with Gasteiger partial charge in [-0.25, -0.2) is 9.37 Å². The maximum Gasteiger partial charge on any atom is 0.141 e. The Morgan fingerprint density at radius 2 is 2.25 bits per heavy atom. The van der Waals surface area contributed by atoms with Crippen molar-refractivity contribution < 1.29 is 4.39 Å². The summed E-state index contributed by atoms with van der Waals surface area (Å²) in [5, 5.41) is 0. The summed E-state index contributed by atoms with van der Waals surface area (Å²) >= 11 is 0. The van der Waals surface area contributed by atoms with Gasteiger partial charge >= 0.3 is 0 Å². The van der Waals surface area contributed by atoms with Crippen LogP contribution in [0.2, 0.25) is 0 Å². The lowest BCUT2D eigenvalue weighted by Gasteiger charge is -2.40. The fourth-order valence-electron chi connectivity index (χ4n) is 2.20. The van der Waals surface area contributed by atoms with Crippen LogP contribution in [0.25, 0.3) is 0 Å². The summed E-state index contributed by atoms with van der Waals surface area (Å²) in [7, 11) is 0. The zero-order valence-electron chi connectivity index (χ0n) is 9.86. The maximum absolute atomic E-state index is 12.8. The van der Waals surface area contributed by atoms with Crippen molar-refractivity contribution in [2.75, 3.05) is 31.1 Å². The van der Waals surface area contributed by atoms with Crippen molar-refractivity contribution in [1.82, 2.24) is 9.88 Å². The molecule has 1 saturated heterocycles. The topological polar surface area (TPSA) is 19.4 Å². The van der Waals surface area contributed by atoms with Crippen LogP contribution < -0.4 is 4.90 Å². The molecule has 1 aromatic rings. The fourth-order valence-corrected chi connectivity index (χ4v) is 2.20. The van der Waals surface area contributed by atoms with Crippen LogP contribution in [-0.4, -0.2) is 42.1 Å². The van der Waals surface area contributed by atoms with E-state index in [1.54, 1.807) is 6.07 Å². The van der Waals surface area contributed by atoms with Crippen molar-refractivity contribution in [1.29, 1.82) is 0 Å². The van der Waals surface area contributed by atoms with Gasteiger partial charge in [0, 0.05) is 25.7 Å². The van der Waals surface area contributed by atoms with Crippen LogP contribution in [0.15, 0.2) is 18.3 Å². The highest BCUT2D eigenvalue weighted by atomic mass is 19.1. The Labute approximate surface area is 95.9 Å². The molecular weight excluding hydrogens is 205 g/mol. The lowest BCUT2D eigenvalue weighted by molar-refractivity contribution is 0.239. The van der Waals surface area contributed by atoms with E-state index in [2.05, 4.69) is 28.6 Å². The van der Waals surface area contributed by atoms with E-state index >= 15 is 0 Å². The predicted octanol–water partition coefficient (Wildman–Crippen LogP) is 1.75. The molecule has 1 atom stereocenters. The molecule has 0 aromatic carbocycles. The second kappa shape index (κ2) is 4.78. The molecule has 2 heterocycles. The van der Waals surface area contributed by atoms with E-state index in [1.807, 2.05) is 0 Å². The van der Waals surface area contributed by atoms with E-state index in [-0.39, 0.29) is 5.82 Å². The van der Waals surface area contributed by atoms with Crippen molar-refractivity contribution in [3.63, 3.8) is 0 Å². The van der Waals surface area contributed by atoms with Crippen LogP contribution in [0.3, 0.4) is 0 Å². The van der Waals surface area contributed by atoms with Crippen LogP contribution in [0, 0.1) is 5.82 Å². The number of halogens is 1. The second-order valence-corrected chi connectivity index (χ2v) is 4.27. The summed E-state index contributed by atoms with van der Waals surface area (Å²) in [5.74, 6) is 0.605. The van der Waals surface area contributed by atoms with Gasteiger partial charge in [0.15, 0.2) is 0 Å². The average Bonchev–Trinajstić information content (AvgIpc) is 2.30. The van der Waals surface area contributed by atoms with E-state index in [4.69, 9.17) is 0 Å². The Morgan fingerprint density at radius 3 is 2.81 bits per heavy atom. The Hall–Kier alpha value is -1.16. The number of nitrogens with zero attached hydrogens (tertiary/aromatic N) is 3. The monoisotopic (exact) mass is 223 g/mol. The third kappa shape index (κ3) is 2.32. The summed E-state index contributed by atoms with van der Waals surface area (Å²) in [6.07, 6.45) is 1.29. The predicted molar refractivity (Wildman–Crippen MR) is 63.1 cm³/mol. The molecule has 4 heteroatoms. The van der Waals surface area contributed by atoms with Gasteiger partial charge in [0.05, 0.1) is 6.20 Å². The largest absolute Gasteiger partial charge is 0.351 e. The first-order valence-electron chi connectivity index (χ1n) is 5.81. The fraction of sp³-hybridized carbons (Fsp3) is 0.583. The molecule has 0 bridgehead atoms. The number of likely N-dealkylation sites (N-methyl/N-ethyl adjacent to an activating group) is 1. The minimum absolute atomic E-state index is 0.274. The molecule has 1 aliphatic rings. The molecule has 1 fully saturated rings. The summed E-state index contributed by atoms with van der Waals surface area (Å²) in [4.78, 5) is 8.80. The summed E-state index contributed by atoms with van der Waals surface area (Å²) in [5.41, 5.74) is 0. The van der Waals surface area contributed by atoms with E-state index in [9.17, 15) is 4.39 Å². The molecule has 0 saturated carbocycles. The molecule has 0 N–H and O–H groups in total. The zero-order valence-corrected chi connectivity index (χ0v) is 9.86. The van der Waals surface area contributed by atoms with Gasteiger partial charge in [-0.05, 0) is 25.6 Å². The van der Waals surface area contributed by atoms with Crippen molar-refractivity contribution in [3.8, 4) is 0 Å². The molecule has 0 unspecified atom stereocenters. The summed E-state index contributed by atoms with van der Waals surface area (Å²) < 4.78 is 12.8. The summed E-state index contributed by atoms with van der Waals surface area (Å²) in [6.45, 7) is 8.53. The van der Waals surface area contributed by atoms with Gasteiger partial charge in [0.1, 0.15) is 11.6 Å². The quantitative estimate of drug-likeness (QED) is 0.761. The molecule has 0 aliphatic carbocycles. The van der Waals surface area contributed by atoms with Gasteiger partial charge in [-0.15, -0.1) is 0 Å². The average molecular weight is 223 g/mol. The first kappa shape index (κ1) is 11.3. The van der Waals surface area contributed by atoms with Gasteiger partial charge in [0.2, 0.25) is 0 Å². The third-order valence-corrected chi connectivity index (χ3v) is 3.16. The number of anilines is 1. The van der Waals surface area contributed by atoms with Crippen LogP contribution in [0.4, 0.5) is 10.2 Å². The number of piperazine rings is 1. The van der Waals surface area contributed by atoms with Gasteiger partial charge in [-0.2, -0.15) is 0 Å². The highest BCUT2D eigenvalue weighted by Crippen LogP contribution is 2.17. The Bertz CT molecular complexity index is 339. The summed E-state index contributed by atoms with van der Waals surface area (Å²) in [6, 6.07) is 3.67. The molecule has 2 rings (SSSR count). The van der Waals surface area contributed by atoms with E-state index in [1.165, 1.54) is 12.3 Å². The number of pyridine rings is 1. The van der Waals surface area contributed by atoms with Crippen LogP contribution in [0.5, 0.6) is 0 Å². The Morgan fingerprint density at radius 1 is 1.44 bits per heavy atom. The van der Waals surface area contributed by atoms with Gasteiger partial charge in [-0.3, -0.25) is 4.90 Å². The number of hydrogen-bond donors (Lipinski definition) is 0. The molecular formula is C12H18FN3. The standard InChI is InChI=1S/C12H18FN3/c1-3-15-6-7-16(10(2)9-15)12-5-4-11(13)8-14-12/h4-5,8,10H,3,6-7,9H2,1-2H3/t10-/m0/s1. The first-order valence-corrected chi connectivity index (χ1v) is 5.81. The number of hydrogen-bond acceptors (Lipinski definition) is 3. The lowest BCUT2D eigenvalue weighted by atomic mass is 10.2. The van der Waals surface area contributed by atoms with Crippen LogP contribution in [0.1, 0.15) is 13.8 Å². The molecule has 0 radical (unpaired) electrons. The van der Waals surface area contributed by atoms with E-state index < -0.39 is 0 Å². The number of aromatic nitrogens is 1. The lowest BCUT2D eigenvalue weighted by Crippen LogP contribution is -2.52. The third-order valence-electron chi connectivity index (χ3n) is 3.16. The van der Waals surface area contributed by atoms with Crippen molar-refractivity contribution in [2.45, 2.75) is 19.9 Å². The van der Waals surface area contributed by atoms with Gasteiger partial charge in [0.25, 0.3) is 0 Å².